The number of hydrogen-bond acceptors (Lipinski definition) is 2. The van der Waals surface area contributed by atoms with Gasteiger partial charge in [-0.3, -0.25) is 4.31 Å². The lowest BCUT2D eigenvalue weighted by molar-refractivity contribution is 0.598. The standard InChI is InChI=1S/C10H14ClNO2S/c1-4-12(15(3,13)14)9-6-5-8(2)10(11)7-9/h5-7H,4H2,1-3H3. The molecule has 84 valence electrons. The van der Waals surface area contributed by atoms with E-state index in [2.05, 4.69) is 0 Å². The summed E-state index contributed by atoms with van der Waals surface area (Å²) in [6.07, 6.45) is 1.18. The Morgan fingerprint density at radius 1 is 1.40 bits per heavy atom. The van der Waals surface area contributed by atoms with Crippen molar-refractivity contribution in [3.05, 3.63) is 28.8 Å². The molecule has 0 saturated heterocycles. The molecule has 3 nitrogen and oxygen atoms in total. The smallest absolute Gasteiger partial charge is 0.232 e. The number of rotatable bonds is 3. The summed E-state index contributed by atoms with van der Waals surface area (Å²) in [5.74, 6) is 0. The van der Waals surface area contributed by atoms with Crippen molar-refractivity contribution in [3.8, 4) is 0 Å². The molecule has 0 amide bonds. The molecule has 15 heavy (non-hydrogen) atoms. The molecule has 0 atom stereocenters. The largest absolute Gasteiger partial charge is 0.271 e. The molecule has 0 bridgehead atoms. The van der Waals surface area contributed by atoms with Gasteiger partial charge < -0.3 is 0 Å². The van der Waals surface area contributed by atoms with Crippen molar-refractivity contribution in [3.63, 3.8) is 0 Å². The van der Waals surface area contributed by atoms with Crippen molar-refractivity contribution >= 4 is 27.3 Å². The maximum atomic E-state index is 11.4. The van der Waals surface area contributed by atoms with Crippen LogP contribution in [0, 0.1) is 6.92 Å². The van der Waals surface area contributed by atoms with Gasteiger partial charge in [-0.05, 0) is 31.5 Å². The van der Waals surface area contributed by atoms with E-state index in [0.717, 1.165) is 5.56 Å². The molecule has 0 aliphatic carbocycles. The van der Waals surface area contributed by atoms with Crippen molar-refractivity contribution in [2.75, 3.05) is 17.1 Å². The predicted octanol–water partition coefficient (Wildman–Crippen LogP) is 2.43. The monoisotopic (exact) mass is 247 g/mol. The fourth-order valence-electron chi connectivity index (χ4n) is 1.35. The average molecular weight is 248 g/mol. The van der Waals surface area contributed by atoms with Crippen molar-refractivity contribution in [2.24, 2.45) is 0 Å². The van der Waals surface area contributed by atoms with E-state index >= 15 is 0 Å². The van der Waals surface area contributed by atoms with E-state index in [1.165, 1.54) is 10.6 Å². The first-order valence-electron chi connectivity index (χ1n) is 4.60. The van der Waals surface area contributed by atoms with Crippen molar-refractivity contribution in [1.29, 1.82) is 0 Å². The molecule has 0 radical (unpaired) electrons. The third-order valence-corrected chi connectivity index (χ3v) is 3.81. The first kappa shape index (κ1) is 12.3. The van der Waals surface area contributed by atoms with E-state index in [-0.39, 0.29) is 0 Å². The second kappa shape index (κ2) is 4.41. The molecule has 5 heteroatoms. The number of benzene rings is 1. The Hall–Kier alpha value is -0.740. The quantitative estimate of drug-likeness (QED) is 0.823. The van der Waals surface area contributed by atoms with Crippen LogP contribution in [0.5, 0.6) is 0 Å². The number of aryl methyl sites for hydroxylation is 1. The van der Waals surface area contributed by atoms with Crippen molar-refractivity contribution in [2.45, 2.75) is 13.8 Å². The van der Waals surface area contributed by atoms with Crippen LogP contribution in [0.4, 0.5) is 5.69 Å². The number of anilines is 1. The highest BCUT2D eigenvalue weighted by Gasteiger charge is 2.15. The van der Waals surface area contributed by atoms with E-state index < -0.39 is 10.0 Å². The van der Waals surface area contributed by atoms with Crippen molar-refractivity contribution in [1.82, 2.24) is 0 Å². The van der Waals surface area contributed by atoms with E-state index in [1.54, 1.807) is 19.1 Å². The van der Waals surface area contributed by atoms with Gasteiger partial charge in [-0.1, -0.05) is 17.7 Å². The molecule has 0 fully saturated rings. The first-order valence-corrected chi connectivity index (χ1v) is 6.82. The highest BCUT2D eigenvalue weighted by atomic mass is 35.5. The Morgan fingerprint density at radius 3 is 2.40 bits per heavy atom. The normalized spacial score (nSPS) is 11.5. The molecular formula is C10H14ClNO2S. The first-order chi connectivity index (χ1) is 6.86. The van der Waals surface area contributed by atoms with Gasteiger partial charge in [-0.25, -0.2) is 8.42 Å². The Bertz CT molecular complexity index is 456. The van der Waals surface area contributed by atoms with Crippen LogP contribution in [-0.4, -0.2) is 21.2 Å². The van der Waals surface area contributed by atoms with Crippen LogP contribution in [0.25, 0.3) is 0 Å². The van der Waals surface area contributed by atoms with Gasteiger partial charge in [0.1, 0.15) is 0 Å². The molecule has 0 aliphatic rings. The summed E-state index contributed by atoms with van der Waals surface area (Å²) in [7, 11) is -3.22. The van der Waals surface area contributed by atoms with Crippen molar-refractivity contribution < 1.29 is 8.42 Å². The molecular weight excluding hydrogens is 234 g/mol. The molecule has 1 rings (SSSR count). The van der Waals surface area contributed by atoms with Crippen LogP contribution >= 0.6 is 11.6 Å². The lowest BCUT2D eigenvalue weighted by Gasteiger charge is -2.20. The number of halogens is 1. The van der Waals surface area contributed by atoms with Gasteiger partial charge in [0.2, 0.25) is 10.0 Å². The maximum absolute atomic E-state index is 11.4. The van der Waals surface area contributed by atoms with Gasteiger partial charge in [0, 0.05) is 11.6 Å². The SMILES string of the molecule is CCN(c1ccc(C)c(Cl)c1)S(C)(=O)=O. The molecule has 1 aromatic carbocycles. The zero-order chi connectivity index (χ0) is 11.6. The summed E-state index contributed by atoms with van der Waals surface area (Å²) in [5, 5.41) is 0.578. The molecule has 0 aromatic heterocycles. The fourth-order valence-corrected chi connectivity index (χ4v) is 2.49. The van der Waals surface area contributed by atoms with Gasteiger partial charge >= 0.3 is 0 Å². The zero-order valence-electron chi connectivity index (χ0n) is 8.99. The Labute approximate surface area is 95.7 Å². The van der Waals surface area contributed by atoms with Crippen LogP contribution < -0.4 is 4.31 Å². The molecule has 1 aromatic rings. The van der Waals surface area contributed by atoms with E-state index in [0.29, 0.717) is 17.3 Å². The summed E-state index contributed by atoms with van der Waals surface area (Å²) in [4.78, 5) is 0. The zero-order valence-corrected chi connectivity index (χ0v) is 10.6. The average Bonchev–Trinajstić information content (AvgIpc) is 2.10. The van der Waals surface area contributed by atoms with E-state index in [4.69, 9.17) is 11.6 Å². The van der Waals surface area contributed by atoms with Gasteiger partial charge in [0.05, 0.1) is 11.9 Å². The summed E-state index contributed by atoms with van der Waals surface area (Å²) in [5.41, 5.74) is 1.54. The third-order valence-electron chi connectivity index (χ3n) is 2.13. The predicted molar refractivity (Wildman–Crippen MR) is 64.1 cm³/mol. The molecule has 0 heterocycles. The van der Waals surface area contributed by atoms with Crippen LogP contribution in [-0.2, 0) is 10.0 Å². The Balaban J connectivity index is 3.20. The van der Waals surface area contributed by atoms with Gasteiger partial charge in [-0.15, -0.1) is 0 Å². The lowest BCUT2D eigenvalue weighted by atomic mass is 10.2. The minimum Gasteiger partial charge on any atom is -0.271 e. The minimum absolute atomic E-state index is 0.401. The van der Waals surface area contributed by atoms with E-state index in [9.17, 15) is 8.42 Å². The fraction of sp³-hybridized carbons (Fsp3) is 0.400. The van der Waals surface area contributed by atoms with Crippen LogP contribution in [0.3, 0.4) is 0 Å². The van der Waals surface area contributed by atoms with Gasteiger partial charge in [-0.2, -0.15) is 0 Å². The molecule has 0 aliphatic heterocycles. The molecule has 0 saturated carbocycles. The number of nitrogens with zero attached hydrogens (tertiary/aromatic N) is 1. The molecule has 0 unspecified atom stereocenters. The summed E-state index contributed by atoms with van der Waals surface area (Å²) < 4.78 is 24.2. The van der Waals surface area contributed by atoms with Crippen LogP contribution in [0.1, 0.15) is 12.5 Å². The maximum Gasteiger partial charge on any atom is 0.232 e. The van der Waals surface area contributed by atoms with E-state index in [1.807, 2.05) is 13.0 Å². The number of sulfonamides is 1. The van der Waals surface area contributed by atoms with Crippen LogP contribution in [0.2, 0.25) is 5.02 Å². The highest BCUT2D eigenvalue weighted by molar-refractivity contribution is 7.92. The molecule has 0 N–H and O–H groups in total. The summed E-state index contributed by atoms with van der Waals surface area (Å²) in [6, 6.07) is 5.23. The minimum atomic E-state index is -3.22. The molecule has 0 spiro atoms. The highest BCUT2D eigenvalue weighted by Crippen LogP contribution is 2.24. The number of hydrogen-bond donors (Lipinski definition) is 0. The second-order valence-electron chi connectivity index (χ2n) is 3.36. The lowest BCUT2D eigenvalue weighted by Crippen LogP contribution is -2.29. The Kier molecular flexibility index (Phi) is 3.62. The topological polar surface area (TPSA) is 37.4 Å². The van der Waals surface area contributed by atoms with Gasteiger partial charge in [0.15, 0.2) is 0 Å². The summed E-state index contributed by atoms with van der Waals surface area (Å²) >= 11 is 5.94. The third kappa shape index (κ3) is 2.86. The van der Waals surface area contributed by atoms with Crippen LogP contribution in [0.15, 0.2) is 18.2 Å². The Morgan fingerprint density at radius 2 is 2.00 bits per heavy atom. The van der Waals surface area contributed by atoms with Gasteiger partial charge in [0.25, 0.3) is 0 Å². The summed E-state index contributed by atoms with van der Waals surface area (Å²) in [6.45, 7) is 4.07. The second-order valence-corrected chi connectivity index (χ2v) is 5.68.